The predicted octanol–water partition coefficient (Wildman–Crippen LogP) is 1.14. The van der Waals surface area contributed by atoms with E-state index in [0.717, 1.165) is 6.20 Å². The van der Waals surface area contributed by atoms with E-state index in [9.17, 15) is 14.5 Å². The van der Waals surface area contributed by atoms with E-state index in [2.05, 4.69) is 9.72 Å². The highest BCUT2D eigenvalue weighted by atomic mass is 19.1. The van der Waals surface area contributed by atoms with E-state index in [4.69, 9.17) is 0 Å². The molecule has 0 aromatic carbocycles. The smallest absolute Gasteiger partial charge is 0.365 e. The molecule has 1 aromatic heterocycles. The maximum absolute atomic E-state index is 12.7. The van der Waals surface area contributed by atoms with Crippen molar-refractivity contribution in [2.24, 2.45) is 0 Å². The third kappa shape index (κ3) is 1.31. The largest absolute Gasteiger partial charge is 0.490 e. The summed E-state index contributed by atoms with van der Waals surface area (Å²) in [7, 11) is 1.22. The standard InChI is InChI=1S/C6H5FN2O3/c1-12-4-2-3-8-6(7)5(4)9(10)11/h2-3H,1H3. The molecule has 0 aliphatic rings. The fraction of sp³-hybridized carbons (Fsp3) is 0.167. The minimum atomic E-state index is -1.14. The monoisotopic (exact) mass is 172 g/mol. The quantitative estimate of drug-likeness (QED) is 0.381. The molecule has 0 saturated heterocycles. The van der Waals surface area contributed by atoms with E-state index in [1.807, 2.05) is 0 Å². The summed E-state index contributed by atoms with van der Waals surface area (Å²) < 4.78 is 17.2. The van der Waals surface area contributed by atoms with Gasteiger partial charge >= 0.3 is 5.69 Å². The van der Waals surface area contributed by atoms with Crippen LogP contribution < -0.4 is 4.74 Å². The highest BCUT2D eigenvalue weighted by Gasteiger charge is 2.21. The number of aromatic nitrogens is 1. The molecule has 1 rings (SSSR count). The van der Waals surface area contributed by atoms with Crippen molar-refractivity contribution >= 4 is 5.69 Å². The van der Waals surface area contributed by atoms with Gasteiger partial charge in [0.05, 0.1) is 12.0 Å². The van der Waals surface area contributed by atoms with E-state index >= 15 is 0 Å². The van der Waals surface area contributed by atoms with Gasteiger partial charge in [-0.3, -0.25) is 10.1 Å². The lowest BCUT2D eigenvalue weighted by Gasteiger charge is -1.99. The van der Waals surface area contributed by atoms with Gasteiger partial charge in [0.25, 0.3) is 5.95 Å². The van der Waals surface area contributed by atoms with Crippen LogP contribution in [0.2, 0.25) is 0 Å². The molecule has 1 heterocycles. The van der Waals surface area contributed by atoms with Gasteiger partial charge < -0.3 is 4.74 Å². The van der Waals surface area contributed by atoms with Crippen molar-refractivity contribution in [1.82, 2.24) is 4.98 Å². The van der Waals surface area contributed by atoms with Crippen LogP contribution in [0, 0.1) is 16.1 Å². The van der Waals surface area contributed by atoms with Gasteiger partial charge in [-0.1, -0.05) is 0 Å². The molecule has 0 saturated carbocycles. The van der Waals surface area contributed by atoms with E-state index in [1.165, 1.54) is 13.2 Å². The predicted molar refractivity (Wildman–Crippen MR) is 37.4 cm³/mol. The van der Waals surface area contributed by atoms with Crippen molar-refractivity contribution < 1.29 is 14.1 Å². The van der Waals surface area contributed by atoms with Crippen molar-refractivity contribution in [2.45, 2.75) is 0 Å². The lowest BCUT2D eigenvalue weighted by atomic mass is 10.4. The van der Waals surface area contributed by atoms with Gasteiger partial charge in [-0.25, -0.2) is 4.98 Å². The highest BCUT2D eigenvalue weighted by Crippen LogP contribution is 2.27. The van der Waals surface area contributed by atoms with Crippen LogP contribution in [0.15, 0.2) is 12.3 Å². The Bertz CT molecular complexity index is 316. The van der Waals surface area contributed by atoms with Crippen LogP contribution in [0.1, 0.15) is 0 Å². The first-order valence-electron chi connectivity index (χ1n) is 2.99. The summed E-state index contributed by atoms with van der Waals surface area (Å²) in [6.45, 7) is 0. The molecule has 6 heteroatoms. The molecule has 0 aliphatic heterocycles. The van der Waals surface area contributed by atoms with Crippen LogP contribution in [0.5, 0.6) is 5.75 Å². The summed E-state index contributed by atoms with van der Waals surface area (Å²) >= 11 is 0. The van der Waals surface area contributed by atoms with Crippen molar-refractivity contribution in [2.75, 3.05) is 7.11 Å². The fourth-order valence-electron chi connectivity index (χ4n) is 0.742. The van der Waals surface area contributed by atoms with Gasteiger partial charge in [0.1, 0.15) is 0 Å². The second kappa shape index (κ2) is 3.12. The van der Waals surface area contributed by atoms with E-state index in [1.54, 1.807) is 0 Å². The van der Waals surface area contributed by atoms with Crippen LogP contribution >= 0.6 is 0 Å². The van der Waals surface area contributed by atoms with Crippen LogP contribution in [-0.4, -0.2) is 17.0 Å². The summed E-state index contributed by atoms with van der Waals surface area (Å²) in [6, 6.07) is 1.22. The average Bonchev–Trinajstić information content (AvgIpc) is 2.03. The number of hydrogen-bond donors (Lipinski definition) is 0. The first kappa shape index (κ1) is 8.38. The molecule has 0 fully saturated rings. The molecular formula is C6H5FN2O3. The van der Waals surface area contributed by atoms with Crippen molar-refractivity contribution in [3.8, 4) is 5.75 Å². The number of pyridine rings is 1. The molecule has 0 aliphatic carbocycles. The zero-order chi connectivity index (χ0) is 9.14. The molecule has 0 atom stereocenters. The zero-order valence-electron chi connectivity index (χ0n) is 6.15. The molecule has 0 unspecified atom stereocenters. The maximum Gasteiger partial charge on any atom is 0.365 e. The molecule has 12 heavy (non-hydrogen) atoms. The van der Waals surface area contributed by atoms with Crippen LogP contribution in [0.25, 0.3) is 0 Å². The number of methoxy groups -OCH3 is 1. The first-order valence-corrected chi connectivity index (χ1v) is 2.99. The van der Waals surface area contributed by atoms with Gasteiger partial charge in [-0.2, -0.15) is 4.39 Å². The van der Waals surface area contributed by atoms with E-state index in [-0.39, 0.29) is 5.75 Å². The van der Waals surface area contributed by atoms with E-state index in [0.29, 0.717) is 0 Å². The molecule has 64 valence electrons. The van der Waals surface area contributed by atoms with Gasteiger partial charge in [0, 0.05) is 12.3 Å². The van der Waals surface area contributed by atoms with Gasteiger partial charge in [0.15, 0.2) is 0 Å². The van der Waals surface area contributed by atoms with Gasteiger partial charge in [-0.05, 0) is 0 Å². The Morgan fingerprint density at radius 3 is 2.83 bits per heavy atom. The second-order valence-electron chi connectivity index (χ2n) is 1.91. The van der Waals surface area contributed by atoms with Crippen LogP contribution in [0.4, 0.5) is 10.1 Å². The normalized spacial score (nSPS) is 9.50. The number of ether oxygens (including phenoxy) is 1. The zero-order valence-corrected chi connectivity index (χ0v) is 6.15. The fourth-order valence-corrected chi connectivity index (χ4v) is 0.742. The second-order valence-corrected chi connectivity index (χ2v) is 1.91. The Kier molecular flexibility index (Phi) is 2.18. The summed E-state index contributed by atoms with van der Waals surface area (Å²) in [4.78, 5) is 12.5. The summed E-state index contributed by atoms with van der Waals surface area (Å²) in [5, 5.41) is 10.2. The SMILES string of the molecule is COc1ccnc(F)c1[N+](=O)[O-]. The Morgan fingerprint density at radius 2 is 2.42 bits per heavy atom. The number of hydrogen-bond acceptors (Lipinski definition) is 4. The summed E-state index contributed by atoms with van der Waals surface area (Å²) in [5.74, 6) is -1.27. The van der Waals surface area contributed by atoms with Gasteiger partial charge in [0.2, 0.25) is 5.75 Å². The molecule has 0 N–H and O–H groups in total. The Balaban J connectivity index is 3.29. The third-order valence-electron chi connectivity index (χ3n) is 1.25. The van der Waals surface area contributed by atoms with Crippen LogP contribution in [0.3, 0.4) is 0 Å². The Hall–Kier alpha value is -1.72. The lowest BCUT2D eigenvalue weighted by Crippen LogP contribution is -1.98. The topological polar surface area (TPSA) is 65.3 Å². The number of halogens is 1. The Labute approximate surface area is 66.9 Å². The number of nitro groups is 1. The molecule has 0 spiro atoms. The third-order valence-corrected chi connectivity index (χ3v) is 1.25. The van der Waals surface area contributed by atoms with Crippen molar-refractivity contribution in [1.29, 1.82) is 0 Å². The molecule has 1 aromatic rings. The molecule has 0 bridgehead atoms. The van der Waals surface area contributed by atoms with Crippen molar-refractivity contribution in [3.05, 3.63) is 28.3 Å². The Morgan fingerprint density at radius 1 is 1.75 bits per heavy atom. The van der Waals surface area contributed by atoms with Crippen LogP contribution in [-0.2, 0) is 0 Å². The minimum absolute atomic E-state index is 0.132. The first-order chi connectivity index (χ1) is 5.66. The summed E-state index contributed by atoms with van der Waals surface area (Å²) in [5.41, 5.74) is -0.736. The molecular weight excluding hydrogens is 167 g/mol. The van der Waals surface area contributed by atoms with E-state index < -0.39 is 16.6 Å². The molecule has 0 radical (unpaired) electrons. The lowest BCUT2D eigenvalue weighted by molar-refractivity contribution is -0.388. The van der Waals surface area contributed by atoms with Crippen molar-refractivity contribution in [3.63, 3.8) is 0 Å². The summed E-state index contributed by atoms with van der Waals surface area (Å²) in [6.07, 6.45) is 1.10. The number of rotatable bonds is 2. The minimum Gasteiger partial charge on any atom is -0.490 e. The van der Waals surface area contributed by atoms with Gasteiger partial charge in [-0.15, -0.1) is 0 Å². The maximum atomic E-state index is 12.7. The highest BCUT2D eigenvalue weighted by molar-refractivity contribution is 5.44. The number of nitrogens with zero attached hydrogens (tertiary/aromatic N) is 2. The molecule has 0 amide bonds. The average molecular weight is 172 g/mol. The molecule has 5 nitrogen and oxygen atoms in total.